The smallest absolute Gasteiger partial charge is 0.228 e. The molecule has 0 radical (unpaired) electrons. The molecule has 3 atom stereocenters. The van der Waals surface area contributed by atoms with Crippen LogP contribution in [-0.4, -0.2) is 23.5 Å². The number of hydrogen-bond acceptors (Lipinski definition) is 2. The SMILES string of the molecule is CC1C[C@H]2CO[C@H](c3ccccc3)N2C1=O. The first kappa shape index (κ1) is 9.85. The van der Waals surface area contributed by atoms with Gasteiger partial charge in [-0.25, -0.2) is 0 Å². The molecule has 3 rings (SSSR count). The lowest BCUT2D eigenvalue weighted by molar-refractivity contribution is -0.136. The first-order chi connectivity index (χ1) is 7.77. The molecular weight excluding hydrogens is 202 g/mol. The van der Waals surface area contributed by atoms with Gasteiger partial charge in [-0.15, -0.1) is 0 Å². The Morgan fingerprint density at radius 3 is 2.81 bits per heavy atom. The van der Waals surface area contributed by atoms with Crippen LogP contribution in [0.25, 0.3) is 0 Å². The predicted octanol–water partition coefficient (Wildman–Crippen LogP) is 1.95. The Labute approximate surface area is 95.0 Å². The zero-order valence-electron chi connectivity index (χ0n) is 9.30. The number of nitrogens with zero attached hydrogens (tertiary/aromatic N) is 1. The lowest BCUT2D eigenvalue weighted by Gasteiger charge is -2.22. The second kappa shape index (κ2) is 3.59. The van der Waals surface area contributed by atoms with E-state index in [0.29, 0.717) is 6.61 Å². The zero-order chi connectivity index (χ0) is 11.1. The minimum absolute atomic E-state index is 0.153. The van der Waals surface area contributed by atoms with E-state index in [0.717, 1.165) is 12.0 Å². The molecule has 2 aliphatic heterocycles. The summed E-state index contributed by atoms with van der Waals surface area (Å²) in [6.45, 7) is 2.68. The van der Waals surface area contributed by atoms with Crippen molar-refractivity contribution in [1.82, 2.24) is 4.90 Å². The molecule has 0 N–H and O–H groups in total. The van der Waals surface area contributed by atoms with Crippen LogP contribution in [-0.2, 0) is 9.53 Å². The van der Waals surface area contributed by atoms with Gasteiger partial charge in [0.05, 0.1) is 12.6 Å². The highest BCUT2D eigenvalue weighted by molar-refractivity contribution is 5.81. The van der Waals surface area contributed by atoms with Crippen molar-refractivity contribution >= 4 is 5.91 Å². The molecule has 3 nitrogen and oxygen atoms in total. The van der Waals surface area contributed by atoms with Crippen molar-refractivity contribution in [3.63, 3.8) is 0 Å². The normalized spacial score (nSPS) is 33.2. The molecule has 2 fully saturated rings. The molecule has 84 valence electrons. The molecule has 2 saturated heterocycles. The van der Waals surface area contributed by atoms with Crippen LogP contribution in [0.2, 0.25) is 0 Å². The van der Waals surface area contributed by atoms with E-state index in [2.05, 4.69) is 0 Å². The third kappa shape index (κ3) is 1.35. The highest BCUT2D eigenvalue weighted by Gasteiger charge is 2.46. The molecule has 0 saturated carbocycles. The maximum atomic E-state index is 12.0. The molecule has 0 bridgehead atoms. The van der Waals surface area contributed by atoms with Gasteiger partial charge < -0.3 is 9.64 Å². The standard InChI is InChI=1S/C13H15NO2/c1-9-7-11-8-16-13(14(11)12(9)15)10-5-3-2-4-6-10/h2-6,9,11,13H,7-8H2,1H3/t9?,11-,13+/m0/s1. The van der Waals surface area contributed by atoms with E-state index >= 15 is 0 Å². The van der Waals surface area contributed by atoms with E-state index in [1.54, 1.807) is 0 Å². The summed E-state index contributed by atoms with van der Waals surface area (Å²) in [5, 5.41) is 0. The fraction of sp³-hybridized carbons (Fsp3) is 0.462. The Morgan fingerprint density at radius 2 is 2.06 bits per heavy atom. The summed E-state index contributed by atoms with van der Waals surface area (Å²) in [7, 11) is 0. The molecule has 0 spiro atoms. The van der Waals surface area contributed by atoms with Crippen molar-refractivity contribution in [3.8, 4) is 0 Å². The molecule has 2 heterocycles. The largest absolute Gasteiger partial charge is 0.352 e. The molecule has 0 aliphatic carbocycles. The fourth-order valence-electron chi connectivity index (χ4n) is 2.67. The van der Waals surface area contributed by atoms with Crippen LogP contribution in [0.5, 0.6) is 0 Å². The van der Waals surface area contributed by atoms with Crippen LogP contribution >= 0.6 is 0 Å². The number of carbonyl (C=O) groups is 1. The van der Waals surface area contributed by atoms with Gasteiger partial charge in [0.1, 0.15) is 0 Å². The van der Waals surface area contributed by atoms with E-state index in [1.807, 2.05) is 42.2 Å². The molecule has 1 aromatic rings. The first-order valence-electron chi connectivity index (χ1n) is 5.76. The summed E-state index contributed by atoms with van der Waals surface area (Å²) >= 11 is 0. The Bertz CT molecular complexity index is 404. The zero-order valence-corrected chi connectivity index (χ0v) is 9.30. The van der Waals surface area contributed by atoms with E-state index in [9.17, 15) is 4.79 Å². The third-order valence-electron chi connectivity index (χ3n) is 3.48. The topological polar surface area (TPSA) is 29.5 Å². The van der Waals surface area contributed by atoms with Gasteiger partial charge in [-0.2, -0.15) is 0 Å². The number of amides is 1. The number of rotatable bonds is 1. The van der Waals surface area contributed by atoms with Gasteiger partial charge in [-0.3, -0.25) is 4.79 Å². The summed E-state index contributed by atoms with van der Waals surface area (Å²) in [6.07, 6.45) is 0.769. The van der Waals surface area contributed by atoms with E-state index in [-0.39, 0.29) is 24.1 Å². The summed E-state index contributed by atoms with van der Waals surface area (Å²) in [4.78, 5) is 13.9. The van der Waals surface area contributed by atoms with Gasteiger partial charge in [-0.05, 0) is 6.42 Å². The second-order valence-corrected chi connectivity index (χ2v) is 4.63. The molecule has 2 aliphatic rings. The van der Waals surface area contributed by atoms with E-state index in [4.69, 9.17) is 4.74 Å². The van der Waals surface area contributed by atoms with Crippen molar-refractivity contribution in [3.05, 3.63) is 35.9 Å². The maximum absolute atomic E-state index is 12.0. The summed E-state index contributed by atoms with van der Waals surface area (Å²) < 4.78 is 5.73. The first-order valence-corrected chi connectivity index (χ1v) is 5.76. The molecule has 3 heteroatoms. The van der Waals surface area contributed by atoms with Gasteiger partial charge >= 0.3 is 0 Å². The molecule has 1 aromatic carbocycles. The van der Waals surface area contributed by atoms with Crippen molar-refractivity contribution in [2.75, 3.05) is 6.61 Å². The molecule has 0 aromatic heterocycles. The van der Waals surface area contributed by atoms with Crippen molar-refractivity contribution in [1.29, 1.82) is 0 Å². The van der Waals surface area contributed by atoms with Crippen LogP contribution in [0.1, 0.15) is 25.1 Å². The number of fused-ring (bicyclic) bond motifs is 1. The fourth-order valence-corrected chi connectivity index (χ4v) is 2.67. The van der Waals surface area contributed by atoms with Crippen LogP contribution < -0.4 is 0 Å². The van der Waals surface area contributed by atoms with Gasteiger partial charge in [-0.1, -0.05) is 37.3 Å². The van der Waals surface area contributed by atoms with Crippen LogP contribution in [0.4, 0.5) is 0 Å². The monoisotopic (exact) mass is 217 g/mol. The average molecular weight is 217 g/mol. The molecule has 1 unspecified atom stereocenters. The molecular formula is C13H15NO2. The summed E-state index contributed by atoms with van der Waals surface area (Å²) in [6, 6.07) is 10.3. The minimum Gasteiger partial charge on any atom is -0.352 e. The Hall–Kier alpha value is -1.35. The number of carbonyl (C=O) groups excluding carboxylic acids is 1. The molecule has 1 amide bonds. The summed E-state index contributed by atoms with van der Waals surface area (Å²) in [5.74, 6) is 0.386. The number of benzene rings is 1. The van der Waals surface area contributed by atoms with Crippen LogP contribution in [0, 0.1) is 5.92 Å². The number of ether oxygens (including phenoxy) is 1. The third-order valence-corrected chi connectivity index (χ3v) is 3.48. The van der Waals surface area contributed by atoms with E-state index < -0.39 is 0 Å². The quantitative estimate of drug-likeness (QED) is 0.719. The van der Waals surface area contributed by atoms with Gasteiger partial charge in [0, 0.05) is 11.5 Å². The number of hydrogen-bond donors (Lipinski definition) is 0. The Morgan fingerprint density at radius 1 is 1.31 bits per heavy atom. The van der Waals surface area contributed by atoms with Crippen LogP contribution in [0.3, 0.4) is 0 Å². The Balaban J connectivity index is 1.91. The van der Waals surface area contributed by atoms with Gasteiger partial charge in [0.15, 0.2) is 6.23 Å². The van der Waals surface area contributed by atoms with Gasteiger partial charge in [0.25, 0.3) is 0 Å². The van der Waals surface area contributed by atoms with Crippen molar-refractivity contribution in [2.45, 2.75) is 25.6 Å². The predicted molar refractivity (Wildman–Crippen MR) is 59.6 cm³/mol. The highest BCUT2D eigenvalue weighted by Crippen LogP contribution is 2.39. The Kier molecular flexibility index (Phi) is 2.21. The lowest BCUT2D eigenvalue weighted by Crippen LogP contribution is -2.31. The lowest BCUT2D eigenvalue weighted by atomic mass is 10.1. The second-order valence-electron chi connectivity index (χ2n) is 4.63. The van der Waals surface area contributed by atoms with Crippen LogP contribution in [0.15, 0.2) is 30.3 Å². The maximum Gasteiger partial charge on any atom is 0.228 e. The van der Waals surface area contributed by atoms with Gasteiger partial charge in [0.2, 0.25) is 5.91 Å². The highest BCUT2D eigenvalue weighted by atomic mass is 16.5. The average Bonchev–Trinajstić information content (AvgIpc) is 2.83. The minimum atomic E-state index is -0.163. The van der Waals surface area contributed by atoms with Crippen molar-refractivity contribution in [2.24, 2.45) is 5.92 Å². The van der Waals surface area contributed by atoms with Crippen molar-refractivity contribution < 1.29 is 9.53 Å². The molecule has 16 heavy (non-hydrogen) atoms. The summed E-state index contributed by atoms with van der Waals surface area (Å²) in [5.41, 5.74) is 1.08. The van der Waals surface area contributed by atoms with E-state index in [1.165, 1.54) is 0 Å².